The van der Waals surface area contributed by atoms with Gasteiger partial charge in [-0.3, -0.25) is 0 Å². The number of hydrogen-bond donors (Lipinski definition) is 1. The Bertz CT molecular complexity index is 393. The lowest BCUT2D eigenvalue weighted by atomic mass is 10.2. The van der Waals surface area contributed by atoms with Crippen LogP contribution in [0.15, 0.2) is 29.8 Å². The van der Waals surface area contributed by atoms with Crippen LogP contribution in [-0.4, -0.2) is 9.97 Å². The van der Waals surface area contributed by atoms with Gasteiger partial charge in [-0.25, -0.2) is 9.97 Å². The van der Waals surface area contributed by atoms with Crippen molar-refractivity contribution in [1.82, 2.24) is 9.97 Å². The van der Waals surface area contributed by atoms with Crippen LogP contribution in [0.2, 0.25) is 0 Å². The van der Waals surface area contributed by atoms with Crippen molar-refractivity contribution in [2.45, 2.75) is 26.7 Å². The average Bonchev–Trinajstić information content (AvgIpc) is 2.70. The maximum absolute atomic E-state index is 5.35. The lowest BCUT2D eigenvalue weighted by Gasteiger charge is -1.93. The molecule has 16 heavy (non-hydrogen) atoms. The number of nitrogens with two attached hydrogens (primary N) is 1. The van der Waals surface area contributed by atoms with E-state index >= 15 is 0 Å². The first kappa shape index (κ1) is 12.6. The highest BCUT2D eigenvalue weighted by Crippen LogP contribution is 2.15. The molecular formula is C12H17N3S. The van der Waals surface area contributed by atoms with E-state index in [0.717, 1.165) is 5.69 Å². The summed E-state index contributed by atoms with van der Waals surface area (Å²) in [6, 6.07) is 5.57. The molecule has 0 aliphatic carbocycles. The first-order valence-corrected chi connectivity index (χ1v) is 6.06. The minimum absolute atomic E-state index is 0.588. The summed E-state index contributed by atoms with van der Waals surface area (Å²) in [5, 5.41) is 3.24. The predicted molar refractivity (Wildman–Crippen MR) is 69.6 cm³/mol. The minimum atomic E-state index is 0.588. The second-order valence-electron chi connectivity index (χ2n) is 3.73. The van der Waals surface area contributed by atoms with Gasteiger partial charge in [-0.15, -0.1) is 11.3 Å². The molecule has 0 aromatic carbocycles. The molecule has 3 nitrogen and oxygen atoms in total. The maximum atomic E-state index is 5.35. The first-order valence-electron chi connectivity index (χ1n) is 5.18. The van der Waals surface area contributed by atoms with Gasteiger partial charge in [0.25, 0.3) is 0 Å². The van der Waals surface area contributed by atoms with Crippen LogP contribution in [0.4, 0.5) is 5.82 Å². The molecule has 0 radical (unpaired) electrons. The number of hydrogen-bond acceptors (Lipinski definition) is 4. The molecule has 0 atom stereocenters. The molecule has 2 aromatic heterocycles. The minimum Gasteiger partial charge on any atom is -0.384 e. The third-order valence-electron chi connectivity index (χ3n) is 1.86. The van der Waals surface area contributed by atoms with Gasteiger partial charge in [-0.2, -0.15) is 0 Å². The quantitative estimate of drug-likeness (QED) is 0.825. The van der Waals surface area contributed by atoms with Gasteiger partial charge in [-0.1, -0.05) is 19.9 Å². The molecule has 2 heterocycles. The van der Waals surface area contributed by atoms with Crippen LogP contribution in [0.5, 0.6) is 0 Å². The molecule has 86 valence electrons. The fraction of sp³-hybridized carbons (Fsp3) is 0.333. The van der Waals surface area contributed by atoms with E-state index in [1.54, 1.807) is 17.4 Å². The third-order valence-corrected chi connectivity index (χ3v) is 2.93. The number of aromatic nitrogens is 2. The highest BCUT2D eigenvalue weighted by molar-refractivity contribution is 7.09. The van der Waals surface area contributed by atoms with Crippen molar-refractivity contribution in [3.05, 3.63) is 40.5 Å². The maximum Gasteiger partial charge on any atom is 0.123 e. The fourth-order valence-electron chi connectivity index (χ4n) is 1.08. The Balaban J connectivity index is 0.000000160. The number of nitrogen functional groups attached to an aromatic ring is 1. The van der Waals surface area contributed by atoms with E-state index in [1.807, 2.05) is 30.6 Å². The Labute approximate surface area is 100 Å². The molecule has 0 bridgehead atoms. The fourth-order valence-corrected chi connectivity index (χ4v) is 1.74. The number of thiazole rings is 1. The smallest absolute Gasteiger partial charge is 0.123 e. The summed E-state index contributed by atoms with van der Waals surface area (Å²) in [5.74, 6) is 1.18. The van der Waals surface area contributed by atoms with Crippen LogP contribution < -0.4 is 5.73 Å². The standard InChI is InChI=1S/C6H8N2.C6H9NS/c1-5-3-2-4-6(7)8-5;1-5(2)6-7-3-4-8-6/h2-4H,1H3,(H2,7,8);3-5H,1-2H3. The summed E-state index contributed by atoms with van der Waals surface area (Å²) in [6.07, 6.45) is 1.85. The number of anilines is 1. The molecule has 0 amide bonds. The number of rotatable bonds is 1. The summed E-state index contributed by atoms with van der Waals surface area (Å²) in [4.78, 5) is 8.09. The summed E-state index contributed by atoms with van der Waals surface area (Å²) in [7, 11) is 0. The van der Waals surface area contributed by atoms with E-state index in [9.17, 15) is 0 Å². The first-order chi connectivity index (χ1) is 7.59. The van der Waals surface area contributed by atoms with Crippen LogP contribution >= 0.6 is 11.3 Å². The molecule has 0 fully saturated rings. The van der Waals surface area contributed by atoms with E-state index in [2.05, 4.69) is 23.8 Å². The van der Waals surface area contributed by atoms with Crippen LogP contribution in [0, 0.1) is 6.92 Å². The zero-order chi connectivity index (χ0) is 12.0. The van der Waals surface area contributed by atoms with Crippen LogP contribution in [0.1, 0.15) is 30.5 Å². The van der Waals surface area contributed by atoms with Crippen LogP contribution in [-0.2, 0) is 0 Å². The van der Waals surface area contributed by atoms with Gasteiger partial charge in [-0.05, 0) is 19.1 Å². The lowest BCUT2D eigenvalue weighted by Crippen LogP contribution is -1.89. The topological polar surface area (TPSA) is 51.8 Å². The zero-order valence-electron chi connectivity index (χ0n) is 9.84. The number of pyridine rings is 1. The van der Waals surface area contributed by atoms with Gasteiger partial charge in [0.2, 0.25) is 0 Å². The zero-order valence-corrected chi connectivity index (χ0v) is 10.7. The largest absolute Gasteiger partial charge is 0.384 e. The van der Waals surface area contributed by atoms with Crippen molar-refractivity contribution >= 4 is 17.2 Å². The monoisotopic (exact) mass is 235 g/mol. The second kappa shape index (κ2) is 6.23. The molecule has 2 rings (SSSR count). The Morgan fingerprint density at radius 2 is 2.06 bits per heavy atom. The van der Waals surface area contributed by atoms with Gasteiger partial charge in [0.15, 0.2) is 0 Å². The summed E-state index contributed by atoms with van der Waals surface area (Å²) in [6.45, 7) is 6.22. The molecule has 0 aliphatic rings. The van der Waals surface area contributed by atoms with E-state index in [0.29, 0.717) is 11.7 Å². The Hall–Kier alpha value is -1.42. The van der Waals surface area contributed by atoms with Crippen molar-refractivity contribution in [3.8, 4) is 0 Å². The molecule has 2 N–H and O–H groups in total. The van der Waals surface area contributed by atoms with E-state index in [-0.39, 0.29) is 0 Å². The summed E-state index contributed by atoms with van der Waals surface area (Å²) < 4.78 is 0. The molecule has 0 spiro atoms. The number of aryl methyl sites for hydroxylation is 1. The van der Waals surface area contributed by atoms with Crippen molar-refractivity contribution in [2.75, 3.05) is 5.73 Å². The Kier molecular flexibility index (Phi) is 4.92. The van der Waals surface area contributed by atoms with Crippen molar-refractivity contribution in [2.24, 2.45) is 0 Å². The molecule has 0 unspecified atom stereocenters. The van der Waals surface area contributed by atoms with Crippen LogP contribution in [0.25, 0.3) is 0 Å². The Morgan fingerprint density at radius 1 is 1.31 bits per heavy atom. The van der Waals surface area contributed by atoms with E-state index in [4.69, 9.17) is 5.73 Å². The number of nitrogens with zero attached hydrogens (tertiary/aromatic N) is 2. The predicted octanol–water partition coefficient (Wildman–Crippen LogP) is 3.24. The molecular weight excluding hydrogens is 218 g/mol. The molecule has 0 saturated carbocycles. The molecule has 2 aromatic rings. The van der Waals surface area contributed by atoms with Crippen LogP contribution in [0.3, 0.4) is 0 Å². The molecule has 0 saturated heterocycles. The van der Waals surface area contributed by atoms with Crippen molar-refractivity contribution < 1.29 is 0 Å². The SMILES string of the molecule is CC(C)c1nccs1.Cc1cccc(N)n1. The molecule has 4 heteroatoms. The van der Waals surface area contributed by atoms with Gasteiger partial charge < -0.3 is 5.73 Å². The van der Waals surface area contributed by atoms with E-state index < -0.39 is 0 Å². The second-order valence-corrected chi connectivity index (χ2v) is 4.66. The van der Waals surface area contributed by atoms with Gasteiger partial charge in [0, 0.05) is 23.2 Å². The van der Waals surface area contributed by atoms with Crippen molar-refractivity contribution in [1.29, 1.82) is 0 Å². The Morgan fingerprint density at radius 3 is 2.38 bits per heavy atom. The highest BCUT2D eigenvalue weighted by Gasteiger charge is 1.97. The average molecular weight is 235 g/mol. The molecule has 0 aliphatic heterocycles. The highest BCUT2D eigenvalue weighted by atomic mass is 32.1. The van der Waals surface area contributed by atoms with Gasteiger partial charge in [0.05, 0.1) is 5.01 Å². The van der Waals surface area contributed by atoms with Gasteiger partial charge in [0.1, 0.15) is 5.82 Å². The van der Waals surface area contributed by atoms with E-state index in [1.165, 1.54) is 5.01 Å². The van der Waals surface area contributed by atoms with Gasteiger partial charge >= 0.3 is 0 Å². The van der Waals surface area contributed by atoms with Crippen molar-refractivity contribution in [3.63, 3.8) is 0 Å². The summed E-state index contributed by atoms with van der Waals surface area (Å²) in [5.41, 5.74) is 6.31. The normalized spacial score (nSPS) is 9.75. The third kappa shape index (κ3) is 4.40. The lowest BCUT2D eigenvalue weighted by molar-refractivity contribution is 0.852. The summed E-state index contributed by atoms with van der Waals surface area (Å²) >= 11 is 1.72.